The van der Waals surface area contributed by atoms with Crippen molar-refractivity contribution in [2.45, 2.75) is 25.1 Å². The van der Waals surface area contributed by atoms with Gasteiger partial charge in [-0.25, -0.2) is 0 Å². The lowest BCUT2D eigenvalue weighted by atomic mass is 9.97. The van der Waals surface area contributed by atoms with E-state index in [2.05, 4.69) is 5.32 Å². The van der Waals surface area contributed by atoms with Gasteiger partial charge in [0.1, 0.15) is 0 Å². The van der Waals surface area contributed by atoms with Crippen LogP contribution in [0.3, 0.4) is 0 Å². The summed E-state index contributed by atoms with van der Waals surface area (Å²) in [5.74, 6) is 0.171. The van der Waals surface area contributed by atoms with Crippen molar-refractivity contribution in [3.05, 3.63) is 59.7 Å². The Kier molecular flexibility index (Phi) is 4.81. The van der Waals surface area contributed by atoms with Crippen molar-refractivity contribution < 1.29 is 18.0 Å². The van der Waals surface area contributed by atoms with Gasteiger partial charge in [0.05, 0.1) is 5.56 Å². The molecule has 3 rings (SSSR count). The smallest absolute Gasteiger partial charge is 0.348 e. The van der Waals surface area contributed by atoms with Gasteiger partial charge in [-0.15, -0.1) is 0 Å². The first kappa shape index (κ1) is 17.5. The molecule has 0 heterocycles. The van der Waals surface area contributed by atoms with E-state index in [1.807, 2.05) is 0 Å². The fourth-order valence-electron chi connectivity index (χ4n) is 2.89. The number of benzene rings is 2. The standard InChI is InChI=1S/C19H19F3N2O/c20-19(21,22)14-9-7-12(8-10-14)15-3-1-2-4-16(15)18(25)24-17(11-23)13-5-6-13/h1-4,7-10,13,17H,5-6,11,23H2,(H,24,25). The number of carbonyl (C=O) groups is 1. The zero-order valence-electron chi connectivity index (χ0n) is 13.5. The van der Waals surface area contributed by atoms with E-state index in [0.29, 0.717) is 29.2 Å². The second-order valence-corrected chi connectivity index (χ2v) is 6.27. The SMILES string of the molecule is NCC(NC(=O)c1ccccc1-c1ccc(C(F)(F)F)cc1)C1CC1. The molecule has 0 saturated heterocycles. The molecule has 1 aliphatic carbocycles. The van der Waals surface area contributed by atoms with Crippen molar-refractivity contribution in [1.29, 1.82) is 0 Å². The molecule has 0 spiro atoms. The fraction of sp³-hybridized carbons (Fsp3) is 0.316. The number of halogens is 3. The Balaban J connectivity index is 1.86. The van der Waals surface area contributed by atoms with Crippen LogP contribution in [0, 0.1) is 5.92 Å². The van der Waals surface area contributed by atoms with E-state index >= 15 is 0 Å². The zero-order chi connectivity index (χ0) is 18.0. The summed E-state index contributed by atoms with van der Waals surface area (Å²) in [7, 11) is 0. The lowest BCUT2D eigenvalue weighted by Gasteiger charge is -2.18. The Morgan fingerprint density at radius 1 is 1.12 bits per heavy atom. The normalized spacial score (nSPS) is 15.7. The number of hydrogen-bond acceptors (Lipinski definition) is 2. The van der Waals surface area contributed by atoms with Crippen LogP contribution in [0.5, 0.6) is 0 Å². The molecule has 2 aromatic rings. The topological polar surface area (TPSA) is 55.1 Å². The lowest BCUT2D eigenvalue weighted by molar-refractivity contribution is -0.137. The molecule has 1 unspecified atom stereocenters. The second-order valence-electron chi connectivity index (χ2n) is 6.27. The maximum Gasteiger partial charge on any atom is 0.416 e. The summed E-state index contributed by atoms with van der Waals surface area (Å²) < 4.78 is 38.2. The minimum absolute atomic E-state index is 0.0619. The van der Waals surface area contributed by atoms with Crippen molar-refractivity contribution in [2.24, 2.45) is 11.7 Å². The van der Waals surface area contributed by atoms with Crippen LogP contribution in [0.2, 0.25) is 0 Å². The van der Waals surface area contributed by atoms with Gasteiger partial charge in [-0.1, -0.05) is 30.3 Å². The van der Waals surface area contributed by atoms with Crippen LogP contribution in [0.15, 0.2) is 48.5 Å². The van der Waals surface area contributed by atoms with E-state index in [9.17, 15) is 18.0 Å². The molecular formula is C19H19F3N2O. The van der Waals surface area contributed by atoms with Crippen molar-refractivity contribution in [3.8, 4) is 11.1 Å². The molecule has 0 bridgehead atoms. The van der Waals surface area contributed by atoms with Crippen LogP contribution in [0.4, 0.5) is 13.2 Å². The molecule has 0 aliphatic heterocycles. The van der Waals surface area contributed by atoms with Crippen molar-refractivity contribution in [3.63, 3.8) is 0 Å². The number of rotatable bonds is 5. The zero-order valence-corrected chi connectivity index (χ0v) is 13.5. The molecule has 0 radical (unpaired) electrons. The van der Waals surface area contributed by atoms with Crippen LogP contribution in [-0.2, 0) is 6.18 Å². The third-order valence-corrected chi connectivity index (χ3v) is 4.46. The highest BCUT2D eigenvalue weighted by Gasteiger charge is 2.32. The summed E-state index contributed by atoms with van der Waals surface area (Å²) in [5.41, 5.74) is 6.61. The molecule has 25 heavy (non-hydrogen) atoms. The first-order chi connectivity index (χ1) is 11.9. The molecule has 6 heteroatoms. The minimum atomic E-state index is -4.38. The van der Waals surface area contributed by atoms with E-state index in [1.165, 1.54) is 12.1 Å². The van der Waals surface area contributed by atoms with Gasteiger partial charge in [0.25, 0.3) is 5.91 Å². The van der Waals surface area contributed by atoms with E-state index in [4.69, 9.17) is 5.73 Å². The summed E-state index contributed by atoms with van der Waals surface area (Å²) in [6, 6.07) is 11.6. The van der Waals surface area contributed by atoms with Crippen molar-refractivity contribution >= 4 is 5.91 Å². The molecular weight excluding hydrogens is 329 g/mol. The van der Waals surface area contributed by atoms with Gasteiger partial charge in [0.15, 0.2) is 0 Å². The van der Waals surface area contributed by atoms with E-state index in [0.717, 1.165) is 25.0 Å². The van der Waals surface area contributed by atoms with E-state index < -0.39 is 11.7 Å². The minimum Gasteiger partial charge on any atom is -0.348 e. The van der Waals surface area contributed by atoms with Gasteiger partial charge in [-0.3, -0.25) is 4.79 Å². The monoisotopic (exact) mass is 348 g/mol. The number of amides is 1. The Bertz CT molecular complexity index is 752. The fourth-order valence-corrected chi connectivity index (χ4v) is 2.89. The summed E-state index contributed by atoms with van der Waals surface area (Å²) >= 11 is 0. The number of nitrogens with two attached hydrogens (primary N) is 1. The van der Waals surface area contributed by atoms with Gasteiger partial charge >= 0.3 is 6.18 Å². The van der Waals surface area contributed by atoms with Gasteiger partial charge in [-0.05, 0) is 48.1 Å². The van der Waals surface area contributed by atoms with Crippen LogP contribution < -0.4 is 11.1 Å². The number of hydrogen-bond donors (Lipinski definition) is 2. The Morgan fingerprint density at radius 2 is 1.76 bits per heavy atom. The highest BCUT2D eigenvalue weighted by atomic mass is 19.4. The summed E-state index contributed by atoms with van der Waals surface area (Å²) in [6.45, 7) is 0.374. The first-order valence-corrected chi connectivity index (χ1v) is 8.17. The molecule has 132 valence electrons. The van der Waals surface area contributed by atoms with Crippen LogP contribution in [-0.4, -0.2) is 18.5 Å². The predicted octanol–water partition coefficient (Wildman–Crippen LogP) is 3.84. The molecule has 3 N–H and O–H groups in total. The first-order valence-electron chi connectivity index (χ1n) is 8.17. The second kappa shape index (κ2) is 6.88. The van der Waals surface area contributed by atoms with Crippen LogP contribution >= 0.6 is 0 Å². The highest BCUT2D eigenvalue weighted by Crippen LogP contribution is 2.33. The maximum atomic E-state index is 12.7. The van der Waals surface area contributed by atoms with Gasteiger partial charge in [-0.2, -0.15) is 13.2 Å². The molecule has 1 atom stereocenters. The molecule has 0 aromatic heterocycles. The molecule has 1 fully saturated rings. The highest BCUT2D eigenvalue weighted by molar-refractivity contribution is 6.01. The molecule has 1 aliphatic rings. The van der Waals surface area contributed by atoms with Gasteiger partial charge in [0.2, 0.25) is 0 Å². The molecule has 1 saturated carbocycles. The number of nitrogens with one attached hydrogen (secondary N) is 1. The summed E-state index contributed by atoms with van der Waals surface area (Å²) in [6.07, 6.45) is -2.26. The van der Waals surface area contributed by atoms with Crippen molar-refractivity contribution in [2.75, 3.05) is 6.54 Å². The largest absolute Gasteiger partial charge is 0.416 e. The number of carbonyl (C=O) groups excluding carboxylic acids is 1. The average molecular weight is 348 g/mol. The third kappa shape index (κ3) is 4.02. The molecule has 2 aromatic carbocycles. The van der Waals surface area contributed by atoms with Crippen molar-refractivity contribution in [1.82, 2.24) is 5.32 Å². The van der Waals surface area contributed by atoms with E-state index in [-0.39, 0.29) is 11.9 Å². The average Bonchev–Trinajstić information content (AvgIpc) is 3.44. The Labute approximate surface area is 144 Å². The van der Waals surface area contributed by atoms with E-state index in [1.54, 1.807) is 24.3 Å². The third-order valence-electron chi connectivity index (χ3n) is 4.46. The van der Waals surface area contributed by atoms with Crippen LogP contribution in [0.1, 0.15) is 28.8 Å². The number of alkyl halides is 3. The predicted molar refractivity (Wildman–Crippen MR) is 89.9 cm³/mol. The maximum absolute atomic E-state index is 12.7. The molecule has 3 nitrogen and oxygen atoms in total. The quantitative estimate of drug-likeness (QED) is 0.863. The van der Waals surface area contributed by atoms with Gasteiger partial charge in [0, 0.05) is 18.2 Å². The van der Waals surface area contributed by atoms with Gasteiger partial charge < -0.3 is 11.1 Å². The summed E-state index contributed by atoms with van der Waals surface area (Å²) in [5, 5.41) is 2.95. The Morgan fingerprint density at radius 3 is 2.32 bits per heavy atom. The lowest BCUT2D eigenvalue weighted by Crippen LogP contribution is -2.41. The molecule has 1 amide bonds. The van der Waals surface area contributed by atoms with Crippen LogP contribution in [0.25, 0.3) is 11.1 Å². The summed E-state index contributed by atoms with van der Waals surface area (Å²) in [4.78, 5) is 12.6. The Hall–Kier alpha value is -2.34.